The van der Waals surface area contributed by atoms with Crippen molar-refractivity contribution < 1.29 is 0 Å². The summed E-state index contributed by atoms with van der Waals surface area (Å²) in [5.41, 5.74) is 22.8. The van der Waals surface area contributed by atoms with Crippen LogP contribution in [0, 0.1) is 0 Å². The fraction of sp³-hybridized carbons (Fsp3) is 0.0326. The Bertz CT molecular complexity index is 6690. The topological polar surface area (TPSA) is 110 Å². The molecule has 0 saturated carbocycles. The van der Waals surface area contributed by atoms with Gasteiger partial charge in [0.05, 0.1) is 49.8 Å². The summed E-state index contributed by atoms with van der Waals surface area (Å²) in [5.74, 6) is 2.87. The van der Waals surface area contributed by atoms with Gasteiger partial charge in [-0.2, -0.15) is 0 Å². The average Bonchev–Trinajstić information content (AvgIpc) is 1.59. The van der Waals surface area contributed by atoms with E-state index in [0.29, 0.717) is 35.1 Å². The Labute approximate surface area is 592 Å². The first kappa shape index (κ1) is 59.3. The molecule has 484 valence electrons. The summed E-state index contributed by atoms with van der Waals surface area (Å²) >= 11 is 0. The van der Waals surface area contributed by atoms with Gasteiger partial charge >= 0.3 is 0 Å². The number of fused-ring (bicyclic) bond motifs is 13. The molecular weight excluding hydrogens is 1260 g/mol. The lowest BCUT2D eigenvalue weighted by atomic mass is 9.81. The van der Waals surface area contributed by atoms with Crippen molar-refractivity contribution in [2.24, 2.45) is 0 Å². The molecule has 0 N–H and O–H groups in total. The first-order valence-electron chi connectivity index (χ1n) is 34.8. The highest BCUT2D eigenvalue weighted by Gasteiger charge is 2.35. The molecule has 0 bridgehead atoms. The molecule has 7 heterocycles. The van der Waals surface area contributed by atoms with Gasteiger partial charge in [0.15, 0.2) is 17.5 Å². The molecule has 0 atom stereocenters. The zero-order valence-corrected chi connectivity index (χ0v) is 56.2. The Morgan fingerprint density at radius 3 is 1.21 bits per heavy atom. The van der Waals surface area contributed by atoms with E-state index in [9.17, 15) is 0 Å². The van der Waals surface area contributed by atoms with E-state index >= 15 is 0 Å². The van der Waals surface area contributed by atoms with Gasteiger partial charge in [-0.25, -0.2) is 34.9 Å². The molecule has 0 unspecified atom stereocenters. The van der Waals surface area contributed by atoms with Crippen molar-refractivity contribution in [3.05, 3.63) is 345 Å². The van der Waals surface area contributed by atoms with Crippen LogP contribution in [0.4, 0.5) is 0 Å². The maximum atomic E-state index is 5.39. The Hall–Kier alpha value is -13.8. The summed E-state index contributed by atoms with van der Waals surface area (Å²) in [7, 11) is 0. The van der Waals surface area contributed by atoms with Gasteiger partial charge in [0.25, 0.3) is 0 Å². The van der Waals surface area contributed by atoms with Crippen LogP contribution in [0.3, 0.4) is 0 Å². The Kier molecular flexibility index (Phi) is 13.7. The lowest BCUT2D eigenvalue weighted by Gasteiger charge is -2.22. The zero-order valence-electron chi connectivity index (χ0n) is 56.2. The standard InChI is InChI=1S/C49H34N4.C43H27N7/c1-49(2)41-17-9-6-14-36(41)37-25-24-33(28-42(37)49)31-20-22-32(23-21-31)47-39-16-7-10-18-43(39)50-48(51-47)53-44-19-11-8-15-38(44)40-30-45-34(29-46(40)53)26-27-52(45)35-12-4-3-5-13-35;1-4-14-28(15-5-1)40-46-41(29-16-6-2-7-17-29)48-42(47-40)39-33-21-10-12-22-35(33)44-43(45-39)50-36-23-13-11-20-32(36)34-27-37-30(26-38(34)50)24-25-49(37)31-18-8-3-9-19-31/h3-30H,1-2H3;1-27H. The lowest BCUT2D eigenvalue weighted by Crippen LogP contribution is -2.14. The van der Waals surface area contributed by atoms with Crippen LogP contribution >= 0.6 is 0 Å². The van der Waals surface area contributed by atoms with E-state index in [1.54, 1.807) is 0 Å². The number of rotatable bonds is 9. The second kappa shape index (κ2) is 23.7. The van der Waals surface area contributed by atoms with Crippen molar-refractivity contribution in [3.63, 3.8) is 0 Å². The molecule has 0 spiro atoms. The zero-order chi connectivity index (χ0) is 68.3. The van der Waals surface area contributed by atoms with E-state index < -0.39 is 0 Å². The Morgan fingerprint density at radius 2 is 0.670 bits per heavy atom. The van der Waals surface area contributed by atoms with Gasteiger partial charge in [-0.15, -0.1) is 0 Å². The molecule has 1 aliphatic carbocycles. The molecule has 0 fully saturated rings. The van der Waals surface area contributed by atoms with E-state index in [1.165, 1.54) is 55.1 Å². The minimum absolute atomic E-state index is 0.0391. The highest BCUT2D eigenvalue weighted by Crippen LogP contribution is 2.50. The van der Waals surface area contributed by atoms with Crippen molar-refractivity contribution in [3.8, 4) is 91.1 Å². The maximum Gasteiger partial charge on any atom is 0.235 e. The molecule has 0 saturated heterocycles. The fourth-order valence-electron chi connectivity index (χ4n) is 15.6. The monoisotopic (exact) mass is 1320 g/mol. The van der Waals surface area contributed by atoms with Crippen molar-refractivity contribution in [2.75, 3.05) is 0 Å². The van der Waals surface area contributed by atoms with Crippen LogP contribution in [0.2, 0.25) is 0 Å². The van der Waals surface area contributed by atoms with E-state index in [-0.39, 0.29) is 5.41 Å². The van der Waals surface area contributed by atoms with Crippen molar-refractivity contribution in [1.29, 1.82) is 0 Å². The largest absolute Gasteiger partial charge is 0.317 e. The molecule has 1 aliphatic rings. The van der Waals surface area contributed by atoms with Crippen LogP contribution in [0.25, 0.3) is 178 Å². The van der Waals surface area contributed by atoms with Crippen LogP contribution in [0.1, 0.15) is 25.0 Å². The summed E-state index contributed by atoms with van der Waals surface area (Å²) in [6.45, 7) is 4.67. The third kappa shape index (κ3) is 9.84. The van der Waals surface area contributed by atoms with E-state index in [4.69, 9.17) is 34.9 Å². The van der Waals surface area contributed by atoms with Gasteiger partial charge in [-0.3, -0.25) is 9.13 Å². The van der Waals surface area contributed by atoms with E-state index in [0.717, 1.165) is 99.3 Å². The van der Waals surface area contributed by atoms with Gasteiger partial charge in [0.2, 0.25) is 11.9 Å². The molecular formula is C92H61N11. The predicted molar refractivity (Wildman–Crippen MR) is 420 cm³/mol. The van der Waals surface area contributed by atoms with E-state index in [2.05, 4.69) is 275 Å². The van der Waals surface area contributed by atoms with Crippen molar-refractivity contribution >= 4 is 87.2 Å². The first-order chi connectivity index (χ1) is 50.8. The second-order valence-electron chi connectivity index (χ2n) is 26.9. The normalized spacial score (nSPS) is 12.4. The quantitative estimate of drug-likeness (QED) is 0.142. The van der Waals surface area contributed by atoms with Gasteiger partial charge in [0.1, 0.15) is 5.69 Å². The predicted octanol–water partition coefficient (Wildman–Crippen LogP) is 22.2. The van der Waals surface area contributed by atoms with Crippen LogP contribution in [0.15, 0.2) is 334 Å². The highest BCUT2D eigenvalue weighted by atomic mass is 15.2. The molecule has 11 nitrogen and oxygen atoms in total. The minimum atomic E-state index is -0.0391. The maximum absolute atomic E-state index is 5.39. The molecule has 20 aromatic rings. The number of benzene rings is 13. The van der Waals surface area contributed by atoms with Crippen molar-refractivity contribution in [2.45, 2.75) is 19.3 Å². The molecule has 0 radical (unpaired) electrons. The minimum Gasteiger partial charge on any atom is -0.317 e. The summed E-state index contributed by atoms with van der Waals surface area (Å²) < 4.78 is 8.90. The van der Waals surface area contributed by atoms with Crippen LogP contribution < -0.4 is 0 Å². The highest BCUT2D eigenvalue weighted by molar-refractivity contribution is 6.15. The van der Waals surface area contributed by atoms with Crippen LogP contribution in [-0.4, -0.2) is 53.2 Å². The number of nitrogens with zero attached hydrogens (tertiary/aromatic N) is 11. The van der Waals surface area contributed by atoms with Gasteiger partial charge in [-0.1, -0.05) is 244 Å². The Balaban J connectivity index is 0.000000138. The molecule has 13 aromatic carbocycles. The van der Waals surface area contributed by atoms with Gasteiger partial charge < -0.3 is 9.13 Å². The third-order valence-electron chi connectivity index (χ3n) is 20.6. The molecule has 7 aromatic heterocycles. The number of aromatic nitrogens is 11. The summed E-state index contributed by atoms with van der Waals surface area (Å²) in [4.78, 5) is 36.1. The Morgan fingerprint density at radius 1 is 0.252 bits per heavy atom. The molecule has 11 heteroatoms. The van der Waals surface area contributed by atoms with Crippen LogP contribution in [0.5, 0.6) is 0 Å². The first-order valence-corrected chi connectivity index (χ1v) is 34.8. The average molecular weight is 1320 g/mol. The SMILES string of the molecule is CC1(C)c2ccccc2-c2ccc(-c3ccc(-c4nc(-n5c6ccccc6c6cc7c(ccn7-c7ccccc7)cc65)nc5ccccc45)cc3)cc21.c1ccc(-c2nc(-c3ccccc3)nc(-c3nc(-n4c5ccccc5c5cc6c(ccn6-c6ccccc6)cc54)nc4ccccc34)n2)cc1. The number of hydrogen-bond donors (Lipinski definition) is 0. The molecule has 21 rings (SSSR count). The second-order valence-corrected chi connectivity index (χ2v) is 26.9. The summed E-state index contributed by atoms with van der Waals surface area (Å²) in [6.07, 6.45) is 4.29. The van der Waals surface area contributed by atoms with Gasteiger partial charge in [0, 0.05) is 89.0 Å². The number of para-hydroxylation sites is 6. The summed E-state index contributed by atoms with van der Waals surface area (Å²) in [5, 5.41) is 8.79. The lowest BCUT2D eigenvalue weighted by molar-refractivity contribution is 0.660. The smallest absolute Gasteiger partial charge is 0.235 e. The third-order valence-corrected chi connectivity index (χ3v) is 20.6. The molecule has 0 aliphatic heterocycles. The molecule has 0 amide bonds. The van der Waals surface area contributed by atoms with Crippen molar-refractivity contribution in [1.82, 2.24) is 53.2 Å². The molecule has 103 heavy (non-hydrogen) atoms. The number of hydrogen-bond acceptors (Lipinski definition) is 7. The van der Waals surface area contributed by atoms with Crippen LogP contribution in [-0.2, 0) is 5.41 Å². The van der Waals surface area contributed by atoms with E-state index in [1.807, 2.05) is 91.0 Å². The van der Waals surface area contributed by atoms with Gasteiger partial charge in [-0.05, 0) is 124 Å². The summed E-state index contributed by atoms with van der Waals surface area (Å²) in [6, 6.07) is 113. The fourth-order valence-corrected chi connectivity index (χ4v) is 15.6.